The second kappa shape index (κ2) is 5.24. The number of aryl methyl sites for hydroxylation is 1. The highest BCUT2D eigenvalue weighted by atomic mass is 35.5. The molecule has 0 amide bonds. The van der Waals surface area contributed by atoms with Gasteiger partial charge in [-0.05, 0) is 36.8 Å². The molecule has 0 spiro atoms. The predicted octanol–water partition coefficient (Wildman–Crippen LogP) is 3.62. The van der Waals surface area contributed by atoms with Crippen molar-refractivity contribution in [2.24, 2.45) is 0 Å². The van der Waals surface area contributed by atoms with Crippen LogP contribution in [0.25, 0.3) is 0 Å². The second-order valence-corrected chi connectivity index (χ2v) is 4.33. The van der Waals surface area contributed by atoms with Gasteiger partial charge in [0.25, 0.3) is 0 Å². The molecule has 19 heavy (non-hydrogen) atoms. The van der Waals surface area contributed by atoms with E-state index in [-0.39, 0.29) is 22.4 Å². The van der Waals surface area contributed by atoms with E-state index in [1.54, 1.807) is 19.1 Å². The first-order valence-electron chi connectivity index (χ1n) is 5.40. The number of nitrogens with one attached hydrogen (secondary N) is 1. The standard InChI is InChI=1S/C13H10ClFN2O2/c1-7-2-3-8(6-10(7)15)16-11-5-4-9(14)12(17-11)13(18)19/h2-6H,1H3,(H,16,17)(H,18,19). The number of anilines is 2. The fraction of sp³-hybridized carbons (Fsp3) is 0.0769. The van der Waals surface area contributed by atoms with E-state index >= 15 is 0 Å². The number of aromatic nitrogens is 1. The summed E-state index contributed by atoms with van der Waals surface area (Å²) < 4.78 is 13.4. The fourth-order valence-electron chi connectivity index (χ4n) is 1.48. The van der Waals surface area contributed by atoms with Crippen molar-refractivity contribution in [3.8, 4) is 0 Å². The van der Waals surface area contributed by atoms with Gasteiger partial charge in [-0.2, -0.15) is 0 Å². The lowest BCUT2D eigenvalue weighted by Crippen LogP contribution is -2.04. The quantitative estimate of drug-likeness (QED) is 0.901. The number of aromatic carboxylic acids is 1. The Morgan fingerprint density at radius 1 is 1.37 bits per heavy atom. The minimum Gasteiger partial charge on any atom is -0.476 e. The number of pyridine rings is 1. The first-order valence-corrected chi connectivity index (χ1v) is 5.78. The maximum absolute atomic E-state index is 13.4. The minimum absolute atomic E-state index is 0.0492. The summed E-state index contributed by atoms with van der Waals surface area (Å²) in [6.45, 7) is 1.65. The van der Waals surface area contributed by atoms with Crippen LogP contribution < -0.4 is 5.32 Å². The number of rotatable bonds is 3. The number of carboxylic acid groups (broad SMARTS) is 1. The maximum atomic E-state index is 13.4. The molecule has 2 N–H and O–H groups in total. The van der Waals surface area contributed by atoms with Gasteiger partial charge in [-0.25, -0.2) is 14.2 Å². The zero-order chi connectivity index (χ0) is 14.0. The second-order valence-electron chi connectivity index (χ2n) is 3.92. The molecule has 2 aromatic rings. The average molecular weight is 281 g/mol. The molecule has 0 saturated carbocycles. The van der Waals surface area contributed by atoms with Crippen molar-refractivity contribution in [2.75, 3.05) is 5.32 Å². The number of benzene rings is 1. The van der Waals surface area contributed by atoms with Gasteiger partial charge in [0.2, 0.25) is 0 Å². The molecule has 0 radical (unpaired) electrons. The summed E-state index contributed by atoms with van der Waals surface area (Å²) in [5, 5.41) is 11.8. The third-order valence-corrected chi connectivity index (χ3v) is 2.80. The van der Waals surface area contributed by atoms with Crippen LogP contribution in [0.1, 0.15) is 16.1 Å². The number of halogens is 2. The van der Waals surface area contributed by atoms with E-state index in [0.29, 0.717) is 11.3 Å². The van der Waals surface area contributed by atoms with E-state index in [9.17, 15) is 9.18 Å². The zero-order valence-electron chi connectivity index (χ0n) is 9.95. The zero-order valence-corrected chi connectivity index (χ0v) is 10.7. The number of nitrogens with zero attached hydrogens (tertiary/aromatic N) is 1. The smallest absolute Gasteiger partial charge is 0.356 e. The molecule has 98 valence electrons. The monoisotopic (exact) mass is 280 g/mol. The van der Waals surface area contributed by atoms with Crippen LogP contribution in [0.3, 0.4) is 0 Å². The van der Waals surface area contributed by atoms with Crippen LogP contribution in [-0.4, -0.2) is 16.1 Å². The highest BCUT2D eigenvalue weighted by Crippen LogP contribution is 2.21. The Kier molecular flexibility index (Phi) is 3.66. The molecular weight excluding hydrogens is 271 g/mol. The van der Waals surface area contributed by atoms with E-state index in [0.717, 1.165) is 0 Å². The molecule has 0 aliphatic rings. The SMILES string of the molecule is Cc1ccc(Nc2ccc(Cl)c(C(=O)O)n2)cc1F. The van der Waals surface area contributed by atoms with Crippen LogP contribution in [-0.2, 0) is 0 Å². The van der Waals surface area contributed by atoms with Crippen molar-refractivity contribution in [2.45, 2.75) is 6.92 Å². The number of hydrogen-bond acceptors (Lipinski definition) is 3. The van der Waals surface area contributed by atoms with Crippen molar-refractivity contribution in [3.05, 3.63) is 52.4 Å². The van der Waals surface area contributed by atoms with Crippen molar-refractivity contribution < 1.29 is 14.3 Å². The summed E-state index contributed by atoms with van der Waals surface area (Å²) in [5.41, 5.74) is 0.759. The van der Waals surface area contributed by atoms with E-state index in [1.807, 2.05) is 0 Å². The van der Waals surface area contributed by atoms with Crippen LogP contribution in [0.4, 0.5) is 15.9 Å². The molecule has 0 aliphatic carbocycles. The average Bonchev–Trinajstić information content (AvgIpc) is 2.36. The lowest BCUT2D eigenvalue weighted by atomic mass is 10.2. The Morgan fingerprint density at radius 3 is 2.74 bits per heavy atom. The summed E-state index contributed by atoms with van der Waals surface area (Å²) in [7, 11) is 0. The van der Waals surface area contributed by atoms with Crippen LogP contribution in [0, 0.1) is 12.7 Å². The first kappa shape index (κ1) is 13.3. The summed E-state index contributed by atoms with van der Waals surface area (Å²) in [6.07, 6.45) is 0. The highest BCUT2D eigenvalue weighted by molar-refractivity contribution is 6.33. The largest absolute Gasteiger partial charge is 0.476 e. The van der Waals surface area contributed by atoms with Crippen molar-refractivity contribution in [3.63, 3.8) is 0 Å². The summed E-state index contributed by atoms with van der Waals surface area (Å²) >= 11 is 5.71. The molecule has 0 aliphatic heterocycles. The fourth-order valence-corrected chi connectivity index (χ4v) is 1.67. The highest BCUT2D eigenvalue weighted by Gasteiger charge is 2.11. The van der Waals surface area contributed by atoms with E-state index in [1.165, 1.54) is 18.2 Å². The van der Waals surface area contributed by atoms with Crippen molar-refractivity contribution in [1.29, 1.82) is 0 Å². The van der Waals surface area contributed by atoms with E-state index in [2.05, 4.69) is 10.3 Å². The number of carboxylic acids is 1. The summed E-state index contributed by atoms with van der Waals surface area (Å²) in [5.74, 6) is -1.29. The van der Waals surface area contributed by atoms with Gasteiger partial charge >= 0.3 is 5.97 Å². The van der Waals surface area contributed by atoms with Crippen molar-refractivity contribution >= 4 is 29.1 Å². The lowest BCUT2D eigenvalue weighted by Gasteiger charge is -2.08. The Balaban J connectivity index is 2.30. The molecule has 6 heteroatoms. The number of hydrogen-bond donors (Lipinski definition) is 2. The van der Waals surface area contributed by atoms with Gasteiger partial charge in [-0.1, -0.05) is 17.7 Å². The van der Waals surface area contributed by atoms with Gasteiger partial charge in [-0.3, -0.25) is 0 Å². The van der Waals surface area contributed by atoms with Crippen molar-refractivity contribution in [1.82, 2.24) is 4.98 Å². The summed E-state index contributed by atoms with van der Waals surface area (Å²) in [6, 6.07) is 7.55. The number of carbonyl (C=O) groups is 1. The normalized spacial score (nSPS) is 10.3. The van der Waals surface area contributed by atoms with Crippen LogP contribution in [0.2, 0.25) is 5.02 Å². The Morgan fingerprint density at radius 2 is 2.11 bits per heavy atom. The molecule has 0 saturated heterocycles. The van der Waals surface area contributed by atoms with Gasteiger partial charge in [0.1, 0.15) is 11.6 Å². The Labute approximate surface area is 113 Å². The Hall–Kier alpha value is -2.14. The maximum Gasteiger partial charge on any atom is 0.356 e. The van der Waals surface area contributed by atoms with Gasteiger partial charge in [0, 0.05) is 5.69 Å². The molecule has 0 atom stereocenters. The molecule has 0 bridgehead atoms. The topological polar surface area (TPSA) is 62.2 Å². The predicted molar refractivity (Wildman–Crippen MR) is 70.6 cm³/mol. The third kappa shape index (κ3) is 3.00. The molecular formula is C13H10ClFN2O2. The third-order valence-electron chi connectivity index (χ3n) is 2.49. The van der Waals surface area contributed by atoms with Crippen LogP contribution in [0.5, 0.6) is 0 Å². The summed E-state index contributed by atoms with van der Waals surface area (Å²) in [4.78, 5) is 14.7. The Bertz CT molecular complexity index is 647. The molecule has 1 heterocycles. The van der Waals surface area contributed by atoms with Gasteiger partial charge in [-0.15, -0.1) is 0 Å². The molecule has 1 aromatic carbocycles. The van der Waals surface area contributed by atoms with Gasteiger partial charge in [0.05, 0.1) is 5.02 Å². The molecule has 2 rings (SSSR count). The van der Waals surface area contributed by atoms with Gasteiger partial charge in [0.15, 0.2) is 5.69 Å². The van der Waals surface area contributed by atoms with Gasteiger partial charge < -0.3 is 10.4 Å². The first-order chi connectivity index (χ1) is 8.97. The van der Waals surface area contributed by atoms with E-state index in [4.69, 9.17) is 16.7 Å². The van der Waals surface area contributed by atoms with Crippen LogP contribution in [0.15, 0.2) is 30.3 Å². The molecule has 1 aromatic heterocycles. The lowest BCUT2D eigenvalue weighted by molar-refractivity contribution is 0.0691. The van der Waals surface area contributed by atoms with E-state index < -0.39 is 5.97 Å². The van der Waals surface area contributed by atoms with Crippen LogP contribution >= 0.6 is 11.6 Å². The molecule has 0 unspecified atom stereocenters. The molecule has 4 nitrogen and oxygen atoms in total. The molecule has 0 fully saturated rings. The minimum atomic E-state index is -1.22.